The highest BCUT2D eigenvalue weighted by atomic mass is 35.5. The quantitative estimate of drug-likeness (QED) is 0.758. The van der Waals surface area contributed by atoms with Gasteiger partial charge in [0.05, 0.1) is 11.6 Å². The van der Waals surface area contributed by atoms with Crippen molar-refractivity contribution in [3.8, 4) is 6.07 Å². The van der Waals surface area contributed by atoms with Crippen LogP contribution in [0.1, 0.15) is 11.1 Å². The Hall–Kier alpha value is -1.43. The van der Waals surface area contributed by atoms with Gasteiger partial charge in [-0.1, -0.05) is 23.7 Å². The van der Waals surface area contributed by atoms with Gasteiger partial charge in [0, 0.05) is 15.7 Å². The van der Waals surface area contributed by atoms with E-state index < -0.39 is 0 Å². The van der Waals surface area contributed by atoms with Gasteiger partial charge < -0.3 is 0 Å². The zero-order chi connectivity index (χ0) is 12.1. The topological polar surface area (TPSA) is 23.8 Å². The summed E-state index contributed by atoms with van der Waals surface area (Å²) >= 11 is 7.56. The van der Waals surface area contributed by atoms with Crippen molar-refractivity contribution in [3.63, 3.8) is 0 Å². The van der Waals surface area contributed by atoms with E-state index in [1.165, 1.54) is 4.90 Å². The summed E-state index contributed by atoms with van der Waals surface area (Å²) in [4.78, 5) is 1.18. The molecule has 1 nitrogen and oxygen atoms in total. The molecule has 2 aromatic rings. The highest BCUT2D eigenvalue weighted by Gasteiger charge is 1.98. The van der Waals surface area contributed by atoms with Crippen LogP contribution in [-0.4, -0.2) is 0 Å². The smallest absolute Gasteiger partial charge is 0.0991 e. The number of hydrogen-bond acceptors (Lipinski definition) is 2. The fourth-order valence-corrected chi connectivity index (χ4v) is 2.40. The maximum absolute atomic E-state index is 8.81. The fraction of sp³-hybridized carbons (Fsp3) is 0.0714. The number of thioether (sulfide) groups is 1. The summed E-state index contributed by atoms with van der Waals surface area (Å²) in [5.41, 5.74) is 1.86. The Morgan fingerprint density at radius 1 is 1.12 bits per heavy atom. The van der Waals surface area contributed by atoms with E-state index in [0.29, 0.717) is 5.56 Å². The van der Waals surface area contributed by atoms with E-state index in [-0.39, 0.29) is 0 Å². The van der Waals surface area contributed by atoms with Crippen molar-refractivity contribution in [2.24, 2.45) is 0 Å². The Bertz CT molecular complexity index is 543. The van der Waals surface area contributed by atoms with Gasteiger partial charge >= 0.3 is 0 Å². The van der Waals surface area contributed by atoms with Crippen LogP contribution in [-0.2, 0) is 5.75 Å². The van der Waals surface area contributed by atoms with Crippen molar-refractivity contribution < 1.29 is 0 Å². The molecule has 0 saturated heterocycles. The van der Waals surface area contributed by atoms with E-state index in [9.17, 15) is 0 Å². The van der Waals surface area contributed by atoms with Crippen LogP contribution >= 0.6 is 23.4 Å². The monoisotopic (exact) mass is 259 g/mol. The molecule has 0 aromatic heterocycles. The Kier molecular flexibility index (Phi) is 4.08. The summed E-state index contributed by atoms with van der Waals surface area (Å²) < 4.78 is 0. The minimum absolute atomic E-state index is 0.708. The first-order chi connectivity index (χ1) is 8.28. The highest BCUT2D eigenvalue weighted by Crippen LogP contribution is 2.24. The molecular weight excluding hydrogens is 250 g/mol. The minimum atomic E-state index is 0.708. The number of nitriles is 1. The summed E-state index contributed by atoms with van der Waals surface area (Å²) in [6.07, 6.45) is 0. The van der Waals surface area contributed by atoms with E-state index >= 15 is 0 Å². The second kappa shape index (κ2) is 5.77. The van der Waals surface area contributed by atoms with Crippen molar-refractivity contribution in [1.29, 1.82) is 5.26 Å². The number of nitrogens with zero attached hydrogens (tertiary/aromatic N) is 1. The van der Waals surface area contributed by atoms with E-state index in [0.717, 1.165) is 16.3 Å². The number of benzene rings is 2. The average molecular weight is 260 g/mol. The molecule has 0 aliphatic rings. The third-order valence-electron chi connectivity index (χ3n) is 2.28. The minimum Gasteiger partial charge on any atom is -0.192 e. The zero-order valence-electron chi connectivity index (χ0n) is 9.06. The van der Waals surface area contributed by atoms with Gasteiger partial charge in [-0.3, -0.25) is 0 Å². The maximum atomic E-state index is 8.81. The summed E-state index contributed by atoms with van der Waals surface area (Å²) in [6.45, 7) is 0. The van der Waals surface area contributed by atoms with Crippen LogP contribution in [0.3, 0.4) is 0 Å². The molecule has 3 heteroatoms. The van der Waals surface area contributed by atoms with Gasteiger partial charge in [0.1, 0.15) is 0 Å². The molecule has 0 saturated carbocycles. The van der Waals surface area contributed by atoms with Crippen molar-refractivity contribution >= 4 is 23.4 Å². The predicted octanol–water partition coefficient (Wildman–Crippen LogP) is 4.50. The molecule has 2 rings (SSSR count). The summed E-state index contributed by atoms with van der Waals surface area (Å²) in [6, 6.07) is 17.6. The first-order valence-electron chi connectivity index (χ1n) is 5.15. The first kappa shape index (κ1) is 12.0. The Labute approximate surface area is 110 Å². The van der Waals surface area contributed by atoms with Crippen molar-refractivity contribution in [2.45, 2.75) is 10.6 Å². The second-order valence-corrected chi connectivity index (χ2v) is 5.04. The first-order valence-corrected chi connectivity index (χ1v) is 6.52. The van der Waals surface area contributed by atoms with Gasteiger partial charge in [0.15, 0.2) is 0 Å². The third-order valence-corrected chi connectivity index (χ3v) is 3.61. The van der Waals surface area contributed by atoms with Gasteiger partial charge in [-0.05, 0) is 42.0 Å². The highest BCUT2D eigenvalue weighted by molar-refractivity contribution is 7.98. The van der Waals surface area contributed by atoms with Gasteiger partial charge in [-0.2, -0.15) is 5.26 Å². The largest absolute Gasteiger partial charge is 0.192 e. The predicted molar refractivity (Wildman–Crippen MR) is 72.2 cm³/mol. The van der Waals surface area contributed by atoms with Gasteiger partial charge in [0.2, 0.25) is 0 Å². The SMILES string of the molecule is N#Cc1cccc(CSc2ccc(Cl)cc2)c1. The van der Waals surface area contributed by atoms with Crippen molar-refractivity contribution in [2.75, 3.05) is 0 Å². The number of halogens is 1. The van der Waals surface area contributed by atoms with Crippen LogP contribution in [0.4, 0.5) is 0 Å². The average Bonchev–Trinajstić information content (AvgIpc) is 2.38. The molecule has 0 atom stereocenters. The van der Waals surface area contributed by atoms with Crippen LogP contribution in [0.15, 0.2) is 53.4 Å². The zero-order valence-corrected chi connectivity index (χ0v) is 10.6. The third kappa shape index (κ3) is 3.52. The molecule has 0 fully saturated rings. The molecule has 0 bridgehead atoms. The Balaban J connectivity index is 2.02. The molecule has 2 aromatic carbocycles. The molecule has 17 heavy (non-hydrogen) atoms. The van der Waals surface area contributed by atoms with E-state index in [4.69, 9.17) is 16.9 Å². The molecule has 84 valence electrons. The van der Waals surface area contributed by atoms with Gasteiger partial charge in [0.25, 0.3) is 0 Å². The van der Waals surface area contributed by atoms with Gasteiger partial charge in [-0.25, -0.2) is 0 Å². The van der Waals surface area contributed by atoms with E-state index in [1.54, 1.807) is 11.8 Å². The van der Waals surface area contributed by atoms with Gasteiger partial charge in [-0.15, -0.1) is 11.8 Å². The molecule has 0 unspecified atom stereocenters. The lowest BCUT2D eigenvalue weighted by Crippen LogP contribution is -1.82. The normalized spacial score (nSPS) is 9.88. The van der Waals surface area contributed by atoms with Crippen LogP contribution in [0.2, 0.25) is 5.02 Å². The molecule has 0 heterocycles. The van der Waals surface area contributed by atoms with Crippen LogP contribution < -0.4 is 0 Å². The summed E-state index contributed by atoms with van der Waals surface area (Å²) in [5.74, 6) is 0.858. The molecular formula is C14H10ClNS. The van der Waals surface area contributed by atoms with Crippen LogP contribution in [0.25, 0.3) is 0 Å². The summed E-state index contributed by atoms with van der Waals surface area (Å²) in [7, 11) is 0. The molecule has 0 spiro atoms. The maximum Gasteiger partial charge on any atom is 0.0991 e. The molecule has 0 aliphatic carbocycles. The summed E-state index contributed by atoms with van der Waals surface area (Å²) in [5, 5.41) is 9.56. The lowest BCUT2D eigenvalue weighted by atomic mass is 10.2. The fourth-order valence-electron chi connectivity index (χ4n) is 1.43. The van der Waals surface area contributed by atoms with Crippen molar-refractivity contribution in [1.82, 2.24) is 0 Å². The number of rotatable bonds is 3. The van der Waals surface area contributed by atoms with Crippen LogP contribution in [0, 0.1) is 11.3 Å². The number of hydrogen-bond donors (Lipinski definition) is 0. The molecule has 0 amide bonds. The standard InChI is InChI=1S/C14H10ClNS/c15-13-4-6-14(7-5-13)17-10-12-3-1-2-11(8-12)9-16/h1-8H,10H2. The molecule has 0 aliphatic heterocycles. The van der Waals surface area contributed by atoms with E-state index in [2.05, 4.69) is 6.07 Å². The Morgan fingerprint density at radius 2 is 1.88 bits per heavy atom. The second-order valence-electron chi connectivity index (χ2n) is 3.55. The lowest BCUT2D eigenvalue weighted by molar-refractivity contribution is 1.36. The molecule has 0 N–H and O–H groups in total. The Morgan fingerprint density at radius 3 is 2.59 bits per heavy atom. The van der Waals surface area contributed by atoms with Crippen LogP contribution in [0.5, 0.6) is 0 Å². The molecule has 0 radical (unpaired) electrons. The van der Waals surface area contributed by atoms with E-state index in [1.807, 2.05) is 48.5 Å². The van der Waals surface area contributed by atoms with Crippen molar-refractivity contribution in [3.05, 3.63) is 64.7 Å². The lowest BCUT2D eigenvalue weighted by Gasteiger charge is -2.02.